The highest BCUT2D eigenvalue weighted by Gasteiger charge is 2.42. The molecule has 1 aliphatic rings. The summed E-state index contributed by atoms with van der Waals surface area (Å²) in [5.41, 5.74) is 5.50. The van der Waals surface area contributed by atoms with Gasteiger partial charge in [-0.05, 0) is 18.2 Å². The molecule has 5 heteroatoms. The van der Waals surface area contributed by atoms with Gasteiger partial charge in [0.25, 0.3) is 0 Å². The van der Waals surface area contributed by atoms with Crippen molar-refractivity contribution in [3.8, 4) is 5.75 Å². The van der Waals surface area contributed by atoms with Crippen LogP contribution in [-0.2, 0) is 15.1 Å². The summed E-state index contributed by atoms with van der Waals surface area (Å²) in [6.45, 7) is 0.389. The molecule has 0 spiro atoms. The van der Waals surface area contributed by atoms with Crippen LogP contribution in [0, 0.1) is 0 Å². The van der Waals surface area contributed by atoms with Gasteiger partial charge in [-0.1, -0.05) is 11.6 Å². The summed E-state index contributed by atoms with van der Waals surface area (Å²) in [6, 6.07) is 5.05. The molecule has 2 N–H and O–H groups in total. The van der Waals surface area contributed by atoms with Crippen molar-refractivity contribution in [3.05, 3.63) is 28.8 Å². The number of esters is 1. The maximum atomic E-state index is 11.7. The first kappa shape index (κ1) is 11.2. The zero-order valence-electron chi connectivity index (χ0n) is 8.83. The highest BCUT2D eigenvalue weighted by Crippen LogP contribution is 2.37. The van der Waals surface area contributed by atoms with E-state index in [4.69, 9.17) is 26.8 Å². The van der Waals surface area contributed by atoms with Crippen molar-refractivity contribution in [2.24, 2.45) is 5.73 Å². The molecular weight excluding hydrogens is 230 g/mol. The summed E-state index contributed by atoms with van der Waals surface area (Å²) in [5, 5.41) is 0.517. The van der Waals surface area contributed by atoms with Crippen LogP contribution in [0.5, 0.6) is 5.75 Å². The minimum Gasteiger partial charge on any atom is -0.493 e. The van der Waals surface area contributed by atoms with Gasteiger partial charge in [-0.25, -0.2) is 4.79 Å². The smallest absolute Gasteiger partial charge is 0.330 e. The number of benzene rings is 1. The first-order chi connectivity index (χ1) is 7.58. The predicted octanol–water partition coefficient (Wildman–Crippen LogP) is 1.45. The Hall–Kier alpha value is -1.26. The van der Waals surface area contributed by atoms with Crippen LogP contribution in [0.1, 0.15) is 12.0 Å². The fraction of sp³-hybridized carbons (Fsp3) is 0.364. The third kappa shape index (κ3) is 1.64. The number of carbonyl (C=O) groups is 1. The quantitative estimate of drug-likeness (QED) is 0.756. The third-order valence-electron chi connectivity index (χ3n) is 2.73. The minimum absolute atomic E-state index is 0.382. The number of rotatable bonds is 1. The van der Waals surface area contributed by atoms with E-state index in [2.05, 4.69) is 0 Å². The minimum atomic E-state index is -1.16. The Balaban J connectivity index is 2.54. The number of fused-ring (bicyclic) bond motifs is 1. The van der Waals surface area contributed by atoms with Crippen LogP contribution in [0.15, 0.2) is 18.2 Å². The summed E-state index contributed by atoms with van der Waals surface area (Å²) < 4.78 is 10.1. The van der Waals surface area contributed by atoms with E-state index in [-0.39, 0.29) is 0 Å². The summed E-state index contributed by atoms with van der Waals surface area (Å²) >= 11 is 5.89. The number of halogens is 1. The number of hydrogen-bond acceptors (Lipinski definition) is 4. The highest BCUT2D eigenvalue weighted by molar-refractivity contribution is 6.30. The van der Waals surface area contributed by atoms with Crippen molar-refractivity contribution in [1.29, 1.82) is 0 Å². The van der Waals surface area contributed by atoms with Crippen molar-refractivity contribution in [1.82, 2.24) is 0 Å². The van der Waals surface area contributed by atoms with Crippen LogP contribution < -0.4 is 10.5 Å². The van der Waals surface area contributed by atoms with Crippen molar-refractivity contribution >= 4 is 17.6 Å². The van der Waals surface area contributed by atoms with Gasteiger partial charge in [-0.15, -0.1) is 0 Å². The molecule has 2 rings (SSSR count). The normalized spacial score (nSPS) is 23.2. The number of carbonyl (C=O) groups excluding carboxylic acids is 1. The maximum absolute atomic E-state index is 11.7. The van der Waals surface area contributed by atoms with Gasteiger partial charge in [0.1, 0.15) is 11.3 Å². The van der Waals surface area contributed by atoms with Crippen LogP contribution in [-0.4, -0.2) is 19.7 Å². The molecule has 0 amide bonds. The molecule has 0 saturated carbocycles. The molecule has 1 aliphatic heterocycles. The highest BCUT2D eigenvalue weighted by atomic mass is 35.5. The Labute approximate surface area is 98.3 Å². The van der Waals surface area contributed by atoms with E-state index in [1.54, 1.807) is 18.2 Å². The SMILES string of the molecule is COC(=O)C1(N)CCOc2ccc(Cl)cc21. The molecule has 0 saturated heterocycles. The van der Waals surface area contributed by atoms with Gasteiger partial charge >= 0.3 is 5.97 Å². The van der Waals surface area contributed by atoms with Crippen molar-refractivity contribution in [3.63, 3.8) is 0 Å². The lowest BCUT2D eigenvalue weighted by atomic mass is 9.85. The molecule has 0 fully saturated rings. The van der Waals surface area contributed by atoms with E-state index >= 15 is 0 Å². The molecule has 0 radical (unpaired) electrons. The molecule has 0 bridgehead atoms. The Morgan fingerprint density at radius 1 is 1.62 bits per heavy atom. The van der Waals surface area contributed by atoms with Gasteiger partial charge in [-0.3, -0.25) is 0 Å². The molecule has 0 aliphatic carbocycles. The fourth-order valence-electron chi connectivity index (χ4n) is 1.83. The first-order valence-electron chi connectivity index (χ1n) is 4.88. The number of nitrogens with two attached hydrogens (primary N) is 1. The summed E-state index contributed by atoms with van der Waals surface area (Å²) in [6.07, 6.45) is 0.382. The standard InChI is InChI=1S/C11H12ClNO3/c1-15-10(14)11(13)4-5-16-9-3-2-7(12)6-8(9)11/h2-3,6H,4-5,13H2,1H3. The molecular formula is C11H12ClNO3. The zero-order valence-corrected chi connectivity index (χ0v) is 9.58. The molecule has 1 unspecified atom stereocenters. The molecule has 0 aromatic heterocycles. The Bertz CT molecular complexity index is 435. The van der Waals surface area contributed by atoms with Gasteiger partial charge in [0, 0.05) is 17.0 Å². The second-order valence-electron chi connectivity index (χ2n) is 3.70. The number of ether oxygens (including phenoxy) is 2. The van der Waals surface area contributed by atoms with Crippen LogP contribution >= 0.6 is 11.6 Å². The van der Waals surface area contributed by atoms with Gasteiger partial charge in [0.05, 0.1) is 13.7 Å². The molecule has 1 atom stereocenters. The summed E-state index contributed by atoms with van der Waals surface area (Å²) in [7, 11) is 1.32. The van der Waals surface area contributed by atoms with Gasteiger partial charge in [0.15, 0.2) is 0 Å². The second kappa shape index (κ2) is 3.96. The van der Waals surface area contributed by atoms with Crippen molar-refractivity contribution < 1.29 is 14.3 Å². The predicted molar refractivity (Wildman–Crippen MR) is 59.4 cm³/mol. The van der Waals surface area contributed by atoms with Crippen LogP contribution in [0.3, 0.4) is 0 Å². The van der Waals surface area contributed by atoms with E-state index < -0.39 is 11.5 Å². The lowest BCUT2D eigenvalue weighted by molar-refractivity contribution is -0.148. The van der Waals surface area contributed by atoms with Gasteiger partial charge < -0.3 is 15.2 Å². The lowest BCUT2D eigenvalue weighted by Gasteiger charge is -2.32. The Morgan fingerprint density at radius 3 is 3.06 bits per heavy atom. The Morgan fingerprint density at radius 2 is 2.38 bits per heavy atom. The van der Waals surface area contributed by atoms with E-state index in [0.29, 0.717) is 29.4 Å². The maximum Gasteiger partial charge on any atom is 0.330 e. The lowest BCUT2D eigenvalue weighted by Crippen LogP contribution is -2.49. The van der Waals surface area contributed by atoms with Crippen molar-refractivity contribution in [2.75, 3.05) is 13.7 Å². The van der Waals surface area contributed by atoms with Crippen LogP contribution in [0.25, 0.3) is 0 Å². The molecule has 1 aromatic rings. The number of methoxy groups -OCH3 is 1. The van der Waals surface area contributed by atoms with Crippen LogP contribution in [0.2, 0.25) is 5.02 Å². The first-order valence-corrected chi connectivity index (χ1v) is 5.26. The largest absolute Gasteiger partial charge is 0.493 e. The number of hydrogen-bond donors (Lipinski definition) is 1. The second-order valence-corrected chi connectivity index (χ2v) is 4.14. The molecule has 86 valence electrons. The topological polar surface area (TPSA) is 61.5 Å². The summed E-state index contributed by atoms with van der Waals surface area (Å²) in [4.78, 5) is 11.7. The average molecular weight is 242 g/mol. The Kier molecular flexibility index (Phi) is 2.78. The van der Waals surface area contributed by atoms with Crippen LogP contribution in [0.4, 0.5) is 0 Å². The van der Waals surface area contributed by atoms with E-state index in [0.717, 1.165) is 0 Å². The van der Waals surface area contributed by atoms with Gasteiger partial charge in [-0.2, -0.15) is 0 Å². The zero-order chi connectivity index (χ0) is 11.8. The summed E-state index contributed by atoms with van der Waals surface area (Å²) in [5.74, 6) is 0.114. The molecule has 1 aromatic carbocycles. The van der Waals surface area contributed by atoms with E-state index in [1.165, 1.54) is 7.11 Å². The molecule has 1 heterocycles. The van der Waals surface area contributed by atoms with Gasteiger partial charge in [0.2, 0.25) is 0 Å². The molecule has 4 nitrogen and oxygen atoms in total. The van der Waals surface area contributed by atoms with E-state index in [1.807, 2.05) is 0 Å². The van der Waals surface area contributed by atoms with E-state index in [9.17, 15) is 4.79 Å². The molecule has 16 heavy (non-hydrogen) atoms. The third-order valence-corrected chi connectivity index (χ3v) is 2.96. The average Bonchev–Trinajstić information content (AvgIpc) is 2.29. The monoisotopic (exact) mass is 241 g/mol. The van der Waals surface area contributed by atoms with Crippen molar-refractivity contribution in [2.45, 2.75) is 12.0 Å². The fourth-order valence-corrected chi connectivity index (χ4v) is 2.00.